The van der Waals surface area contributed by atoms with Crippen molar-refractivity contribution in [3.05, 3.63) is 12.2 Å². The summed E-state index contributed by atoms with van der Waals surface area (Å²) in [4.78, 5) is 33.3. The van der Waals surface area contributed by atoms with Crippen molar-refractivity contribution in [3.8, 4) is 0 Å². The fraction of sp³-hybridized carbons (Fsp3) is 0.583. The molecule has 0 spiro atoms. The van der Waals surface area contributed by atoms with E-state index >= 15 is 0 Å². The Hall–Kier alpha value is -2.05. The zero-order chi connectivity index (χ0) is 13.8. The van der Waals surface area contributed by atoms with Gasteiger partial charge in [-0.1, -0.05) is 12.2 Å². The normalized spacial score (nSPS) is 29.1. The molecule has 1 aliphatic heterocycles. The van der Waals surface area contributed by atoms with E-state index in [1.807, 2.05) is 0 Å². The molecule has 2 aliphatic rings. The lowest BCUT2D eigenvalue weighted by Crippen LogP contribution is -2.45. The van der Waals surface area contributed by atoms with Crippen LogP contribution in [0.2, 0.25) is 0 Å². The second kappa shape index (κ2) is 5.73. The fourth-order valence-corrected chi connectivity index (χ4v) is 2.25. The van der Waals surface area contributed by atoms with Crippen molar-refractivity contribution in [3.63, 3.8) is 0 Å². The molecule has 3 unspecified atom stereocenters. The zero-order valence-corrected chi connectivity index (χ0v) is 10.4. The van der Waals surface area contributed by atoms with Crippen molar-refractivity contribution >= 4 is 17.9 Å². The van der Waals surface area contributed by atoms with Gasteiger partial charge in [0, 0.05) is 19.0 Å². The lowest BCUT2D eigenvalue weighted by atomic mass is 10.1. The number of carboxylic acid groups (broad SMARTS) is 1. The maximum absolute atomic E-state index is 11.6. The van der Waals surface area contributed by atoms with Gasteiger partial charge in [-0.05, 0) is 12.8 Å². The number of urea groups is 1. The fourth-order valence-electron chi connectivity index (χ4n) is 2.25. The third kappa shape index (κ3) is 3.70. The summed E-state index contributed by atoms with van der Waals surface area (Å²) in [7, 11) is 0. The molecular weight excluding hydrogens is 250 g/mol. The molecule has 3 atom stereocenters. The van der Waals surface area contributed by atoms with Crippen molar-refractivity contribution in [2.24, 2.45) is 5.92 Å². The van der Waals surface area contributed by atoms with Gasteiger partial charge >= 0.3 is 12.0 Å². The van der Waals surface area contributed by atoms with Crippen LogP contribution in [0.4, 0.5) is 4.79 Å². The molecule has 4 N–H and O–H groups in total. The summed E-state index contributed by atoms with van der Waals surface area (Å²) in [5.74, 6) is -1.40. The Kier molecular flexibility index (Phi) is 4.03. The Morgan fingerprint density at radius 3 is 2.79 bits per heavy atom. The predicted molar refractivity (Wildman–Crippen MR) is 66.4 cm³/mol. The number of amides is 3. The van der Waals surface area contributed by atoms with Gasteiger partial charge in [0.25, 0.3) is 0 Å². The van der Waals surface area contributed by atoms with E-state index in [4.69, 9.17) is 5.11 Å². The molecule has 0 aromatic carbocycles. The van der Waals surface area contributed by atoms with E-state index in [0.29, 0.717) is 19.4 Å². The quantitative estimate of drug-likeness (QED) is 0.519. The predicted octanol–water partition coefficient (Wildman–Crippen LogP) is -0.406. The van der Waals surface area contributed by atoms with Crippen molar-refractivity contribution in [1.82, 2.24) is 16.0 Å². The minimum atomic E-state index is -0.880. The molecule has 0 aromatic heterocycles. The van der Waals surface area contributed by atoms with Crippen molar-refractivity contribution in [2.75, 3.05) is 6.54 Å². The maximum Gasteiger partial charge on any atom is 0.315 e. The molecule has 1 saturated heterocycles. The minimum absolute atomic E-state index is 0.00948. The van der Waals surface area contributed by atoms with Crippen LogP contribution in [-0.4, -0.2) is 41.6 Å². The summed E-state index contributed by atoms with van der Waals surface area (Å²) in [5.41, 5.74) is 0. The lowest BCUT2D eigenvalue weighted by Gasteiger charge is -2.15. The molecule has 0 aromatic rings. The van der Waals surface area contributed by atoms with E-state index in [-0.39, 0.29) is 24.0 Å². The highest BCUT2D eigenvalue weighted by Crippen LogP contribution is 2.17. The van der Waals surface area contributed by atoms with Gasteiger partial charge in [-0.25, -0.2) is 4.79 Å². The largest absolute Gasteiger partial charge is 0.481 e. The Morgan fingerprint density at radius 2 is 2.21 bits per heavy atom. The highest BCUT2D eigenvalue weighted by atomic mass is 16.4. The van der Waals surface area contributed by atoms with Gasteiger partial charge in [0.05, 0.1) is 12.0 Å². The third-order valence-corrected chi connectivity index (χ3v) is 3.31. The van der Waals surface area contributed by atoms with E-state index < -0.39 is 11.9 Å². The van der Waals surface area contributed by atoms with Crippen molar-refractivity contribution < 1.29 is 19.5 Å². The summed E-state index contributed by atoms with van der Waals surface area (Å²) >= 11 is 0. The van der Waals surface area contributed by atoms with Crippen LogP contribution in [-0.2, 0) is 9.59 Å². The number of carbonyl (C=O) groups is 3. The Labute approximate surface area is 110 Å². The van der Waals surface area contributed by atoms with Gasteiger partial charge in [0.15, 0.2) is 0 Å². The molecule has 0 bridgehead atoms. The molecule has 0 saturated carbocycles. The van der Waals surface area contributed by atoms with E-state index in [1.54, 1.807) is 12.2 Å². The summed E-state index contributed by atoms with van der Waals surface area (Å²) in [6.45, 7) is 0.385. The van der Waals surface area contributed by atoms with Crippen LogP contribution in [0.3, 0.4) is 0 Å². The van der Waals surface area contributed by atoms with Crippen LogP contribution in [0.25, 0.3) is 0 Å². The molecule has 0 radical (unpaired) electrons. The number of rotatable bonds is 4. The molecule has 3 amide bonds. The number of carboxylic acids is 1. The molecule has 7 nitrogen and oxygen atoms in total. The smallest absolute Gasteiger partial charge is 0.315 e. The SMILES string of the molecule is O=C1CCC(CNC(=O)NC2C=CC(C(=O)O)C2)N1. The van der Waals surface area contributed by atoms with Crippen LogP contribution in [0, 0.1) is 5.92 Å². The Bertz CT molecular complexity index is 421. The zero-order valence-electron chi connectivity index (χ0n) is 10.4. The highest BCUT2D eigenvalue weighted by Gasteiger charge is 2.26. The van der Waals surface area contributed by atoms with E-state index in [0.717, 1.165) is 6.42 Å². The molecule has 7 heteroatoms. The van der Waals surface area contributed by atoms with Crippen molar-refractivity contribution in [2.45, 2.75) is 31.3 Å². The van der Waals surface area contributed by atoms with Crippen LogP contribution in [0.1, 0.15) is 19.3 Å². The lowest BCUT2D eigenvalue weighted by molar-refractivity contribution is -0.140. The summed E-state index contributed by atoms with van der Waals surface area (Å²) in [6, 6.07) is -0.606. The molecule has 1 fully saturated rings. The summed E-state index contributed by atoms with van der Waals surface area (Å²) in [6.07, 6.45) is 4.88. The monoisotopic (exact) mass is 267 g/mol. The van der Waals surface area contributed by atoms with E-state index in [1.165, 1.54) is 0 Å². The van der Waals surface area contributed by atoms with Gasteiger partial charge in [0.1, 0.15) is 0 Å². The van der Waals surface area contributed by atoms with Gasteiger partial charge in [-0.3, -0.25) is 9.59 Å². The first-order chi connectivity index (χ1) is 9.04. The Balaban J connectivity index is 1.67. The second-order valence-electron chi connectivity index (χ2n) is 4.83. The van der Waals surface area contributed by atoms with E-state index in [2.05, 4.69) is 16.0 Å². The minimum Gasteiger partial charge on any atom is -0.481 e. The standard InChI is InChI=1S/C12H17N3O4/c16-10-4-3-9(14-10)6-13-12(19)15-8-2-1-7(5-8)11(17)18/h1-2,7-9H,3-6H2,(H,14,16)(H,17,18)(H2,13,15,19). The number of hydrogen-bond acceptors (Lipinski definition) is 3. The first kappa shape index (κ1) is 13.4. The molecule has 104 valence electrons. The average molecular weight is 267 g/mol. The van der Waals surface area contributed by atoms with Crippen LogP contribution >= 0.6 is 0 Å². The Morgan fingerprint density at radius 1 is 1.42 bits per heavy atom. The van der Waals surface area contributed by atoms with Gasteiger partial charge in [-0.2, -0.15) is 0 Å². The average Bonchev–Trinajstić information content (AvgIpc) is 2.96. The van der Waals surface area contributed by atoms with Gasteiger partial charge in [-0.15, -0.1) is 0 Å². The molecule has 1 heterocycles. The van der Waals surface area contributed by atoms with Gasteiger partial charge < -0.3 is 21.1 Å². The van der Waals surface area contributed by atoms with Crippen LogP contribution in [0.5, 0.6) is 0 Å². The summed E-state index contributed by atoms with van der Waals surface area (Å²) < 4.78 is 0. The number of hydrogen-bond donors (Lipinski definition) is 4. The topological polar surface area (TPSA) is 108 Å². The van der Waals surface area contributed by atoms with Gasteiger partial charge in [0.2, 0.25) is 5.91 Å². The number of nitrogens with one attached hydrogen (secondary N) is 3. The van der Waals surface area contributed by atoms with Crippen LogP contribution < -0.4 is 16.0 Å². The third-order valence-electron chi connectivity index (χ3n) is 3.31. The second-order valence-corrected chi connectivity index (χ2v) is 4.83. The van der Waals surface area contributed by atoms with E-state index in [9.17, 15) is 14.4 Å². The number of carbonyl (C=O) groups excluding carboxylic acids is 2. The molecular formula is C12H17N3O4. The molecule has 2 rings (SSSR count). The molecule has 1 aliphatic carbocycles. The first-order valence-electron chi connectivity index (χ1n) is 6.29. The number of aliphatic carboxylic acids is 1. The highest BCUT2D eigenvalue weighted by molar-refractivity contribution is 5.79. The maximum atomic E-state index is 11.6. The van der Waals surface area contributed by atoms with Crippen molar-refractivity contribution in [1.29, 1.82) is 0 Å². The van der Waals surface area contributed by atoms with Crippen LogP contribution in [0.15, 0.2) is 12.2 Å². The summed E-state index contributed by atoms with van der Waals surface area (Å²) in [5, 5.41) is 16.9. The first-order valence-corrected chi connectivity index (χ1v) is 6.29. The molecule has 19 heavy (non-hydrogen) atoms.